The number of hydrogen-bond donors (Lipinski definition) is 1. The monoisotopic (exact) mass is 413 g/mol. The molecule has 1 fully saturated rings. The van der Waals surface area contributed by atoms with Gasteiger partial charge in [-0.1, -0.05) is 24.3 Å². The standard InChI is InChI=1S/C23H31N3O4/c1-28-20-9-4-3-8-19(20)26-16-14-25(15-17-26)13-7-12-24-23(27)18-30-22-11-6-5-10-21(22)29-2/h3-6,8-11H,7,12-18H2,1-2H3,(H,24,27). The molecule has 0 unspecified atom stereocenters. The first-order valence-corrected chi connectivity index (χ1v) is 10.3. The zero-order valence-electron chi connectivity index (χ0n) is 17.8. The van der Waals surface area contributed by atoms with E-state index < -0.39 is 0 Å². The van der Waals surface area contributed by atoms with E-state index in [4.69, 9.17) is 14.2 Å². The fourth-order valence-electron chi connectivity index (χ4n) is 3.57. The summed E-state index contributed by atoms with van der Waals surface area (Å²) in [6, 6.07) is 15.5. The number of ether oxygens (including phenoxy) is 3. The van der Waals surface area contributed by atoms with Crippen LogP contribution in [0.4, 0.5) is 5.69 Å². The molecule has 0 saturated carbocycles. The number of nitrogens with zero attached hydrogens (tertiary/aromatic N) is 2. The Labute approximate surface area is 178 Å². The number of para-hydroxylation sites is 4. The molecular weight excluding hydrogens is 382 g/mol. The molecule has 1 amide bonds. The molecule has 0 bridgehead atoms. The maximum atomic E-state index is 12.0. The predicted octanol–water partition coefficient (Wildman–Crippen LogP) is 2.41. The molecule has 0 atom stereocenters. The third-order valence-electron chi connectivity index (χ3n) is 5.20. The van der Waals surface area contributed by atoms with Gasteiger partial charge >= 0.3 is 0 Å². The molecule has 2 aromatic rings. The molecule has 0 spiro atoms. The van der Waals surface area contributed by atoms with Crippen LogP contribution < -0.4 is 24.4 Å². The van der Waals surface area contributed by atoms with E-state index in [2.05, 4.69) is 21.2 Å². The lowest BCUT2D eigenvalue weighted by atomic mass is 10.2. The highest BCUT2D eigenvalue weighted by Gasteiger charge is 2.19. The van der Waals surface area contributed by atoms with Crippen LogP contribution in [0.5, 0.6) is 17.2 Å². The summed E-state index contributed by atoms with van der Waals surface area (Å²) in [6.45, 7) is 5.54. The summed E-state index contributed by atoms with van der Waals surface area (Å²) in [7, 11) is 3.29. The molecular formula is C23H31N3O4. The second-order valence-electron chi connectivity index (χ2n) is 7.14. The van der Waals surface area contributed by atoms with Crippen LogP contribution in [0.1, 0.15) is 6.42 Å². The highest BCUT2D eigenvalue weighted by atomic mass is 16.5. The van der Waals surface area contributed by atoms with Gasteiger partial charge in [-0.3, -0.25) is 9.69 Å². The lowest BCUT2D eigenvalue weighted by molar-refractivity contribution is -0.123. The Morgan fingerprint density at radius 1 is 0.900 bits per heavy atom. The molecule has 0 aliphatic carbocycles. The molecule has 7 nitrogen and oxygen atoms in total. The smallest absolute Gasteiger partial charge is 0.257 e. The summed E-state index contributed by atoms with van der Waals surface area (Å²) < 4.78 is 16.2. The van der Waals surface area contributed by atoms with Gasteiger partial charge in [0, 0.05) is 32.7 Å². The summed E-state index contributed by atoms with van der Waals surface area (Å²) in [4.78, 5) is 16.8. The minimum absolute atomic E-state index is 0.0159. The van der Waals surface area contributed by atoms with Crippen LogP contribution in [-0.2, 0) is 4.79 Å². The van der Waals surface area contributed by atoms with Crippen molar-refractivity contribution in [2.45, 2.75) is 6.42 Å². The molecule has 1 heterocycles. The van der Waals surface area contributed by atoms with Crippen LogP contribution in [0, 0.1) is 0 Å². The lowest BCUT2D eigenvalue weighted by Crippen LogP contribution is -2.47. The van der Waals surface area contributed by atoms with Crippen molar-refractivity contribution in [3.8, 4) is 17.2 Å². The highest BCUT2D eigenvalue weighted by molar-refractivity contribution is 5.77. The van der Waals surface area contributed by atoms with Gasteiger partial charge in [-0.05, 0) is 37.2 Å². The Balaban J connectivity index is 1.31. The Bertz CT molecular complexity index is 807. The molecule has 7 heteroatoms. The number of carbonyl (C=O) groups excluding carboxylic acids is 1. The molecule has 162 valence electrons. The molecule has 1 aliphatic rings. The van der Waals surface area contributed by atoms with E-state index in [-0.39, 0.29) is 12.5 Å². The van der Waals surface area contributed by atoms with E-state index in [1.807, 2.05) is 30.3 Å². The Hall–Kier alpha value is -2.93. The van der Waals surface area contributed by atoms with Crippen molar-refractivity contribution in [3.63, 3.8) is 0 Å². The Morgan fingerprint density at radius 2 is 1.53 bits per heavy atom. The maximum absolute atomic E-state index is 12.0. The molecule has 2 aromatic carbocycles. The summed E-state index contributed by atoms with van der Waals surface area (Å²) >= 11 is 0. The van der Waals surface area contributed by atoms with E-state index in [1.54, 1.807) is 26.4 Å². The topological polar surface area (TPSA) is 63.3 Å². The van der Waals surface area contributed by atoms with Crippen molar-refractivity contribution in [2.24, 2.45) is 0 Å². The van der Waals surface area contributed by atoms with Crippen LogP contribution in [0.15, 0.2) is 48.5 Å². The Morgan fingerprint density at radius 3 is 2.23 bits per heavy atom. The Kier molecular flexibility index (Phi) is 8.20. The normalized spacial score (nSPS) is 14.3. The second-order valence-corrected chi connectivity index (χ2v) is 7.14. The van der Waals surface area contributed by atoms with Crippen molar-refractivity contribution in [1.29, 1.82) is 0 Å². The maximum Gasteiger partial charge on any atom is 0.257 e. The molecule has 0 radical (unpaired) electrons. The highest BCUT2D eigenvalue weighted by Crippen LogP contribution is 2.28. The van der Waals surface area contributed by atoms with E-state index in [1.165, 1.54) is 0 Å². The molecule has 1 saturated heterocycles. The van der Waals surface area contributed by atoms with Gasteiger partial charge < -0.3 is 24.4 Å². The number of piperazine rings is 1. The van der Waals surface area contributed by atoms with Crippen molar-refractivity contribution in [1.82, 2.24) is 10.2 Å². The fraction of sp³-hybridized carbons (Fsp3) is 0.435. The number of anilines is 1. The van der Waals surface area contributed by atoms with Crippen molar-refractivity contribution in [2.75, 3.05) is 65.0 Å². The van der Waals surface area contributed by atoms with Gasteiger partial charge in [0.15, 0.2) is 18.1 Å². The SMILES string of the molecule is COc1ccccc1OCC(=O)NCCCN1CCN(c2ccccc2OC)CC1. The largest absolute Gasteiger partial charge is 0.495 e. The van der Waals surface area contributed by atoms with E-state index in [0.717, 1.165) is 50.6 Å². The zero-order valence-corrected chi connectivity index (χ0v) is 17.8. The minimum Gasteiger partial charge on any atom is -0.495 e. The van der Waals surface area contributed by atoms with E-state index >= 15 is 0 Å². The van der Waals surface area contributed by atoms with Crippen LogP contribution in [-0.4, -0.2) is 70.9 Å². The first-order valence-electron chi connectivity index (χ1n) is 10.3. The molecule has 30 heavy (non-hydrogen) atoms. The molecule has 3 rings (SSSR count). The first-order chi connectivity index (χ1) is 14.7. The summed E-state index contributed by atoms with van der Waals surface area (Å²) in [6.07, 6.45) is 0.912. The van der Waals surface area contributed by atoms with Gasteiger partial charge in [0.2, 0.25) is 0 Å². The van der Waals surface area contributed by atoms with Gasteiger partial charge in [-0.15, -0.1) is 0 Å². The molecule has 1 N–H and O–H groups in total. The number of nitrogens with one attached hydrogen (secondary N) is 1. The third-order valence-corrected chi connectivity index (χ3v) is 5.20. The third kappa shape index (κ3) is 6.03. The average Bonchev–Trinajstić information content (AvgIpc) is 2.81. The van der Waals surface area contributed by atoms with Crippen LogP contribution in [0.2, 0.25) is 0 Å². The number of benzene rings is 2. The minimum atomic E-state index is -0.123. The molecule has 1 aliphatic heterocycles. The van der Waals surface area contributed by atoms with Crippen LogP contribution >= 0.6 is 0 Å². The van der Waals surface area contributed by atoms with Crippen molar-refractivity contribution in [3.05, 3.63) is 48.5 Å². The lowest BCUT2D eigenvalue weighted by Gasteiger charge is -2.36. The van der Waals surface area contributed by atoms with Crippen LogP contribution in [0.25, 0.3) is 0 Å². The second kappa shape index (κ2) is 11.3. The molecule has 0 aromatic heterocycles. The summed E-state index contributed by atoms with van der Waals surface area (Å²) in [5, 5.41) is 2.92. The first kappa shape index (κ1) is 21.8. The van der Waals surface area contributed by atoms with Crippen molar-refractivity contribution < 1.29 is 19.0 Å². The predicted molar refractivity (Wildman–Crippen MR) is 118 cm³/mol. The number of rotatable bonds is 10. The summed E-state index contributed by atoms with van der Waals surface area (Å²) in [5.41, 5.74) is 1.15. The van der Waals surface area contributed by atoms with Gasteiger partial charge in [-0.2, -0.15) is 0 Å². The van der Waals surface area contributed by atoms with Gasteiger partial charge in [0.25, 0.3) is 5.91 Å². The van der Waals surface area contributed by atoms with Gasteiger partial charge in [0.05, 0.1) is 19.9 Å². The van der Waals surface area contributed by atoms with Gasteiger partial charge in [0.1, 0.15) is 5.75 Å². The van der Waals surface area contributed by atoms with E-state index in [0.29, 0.717) is 18.0 Å². The number of amides is 1. The van der Waals surface area contributed by atoms with Crippen molar-refractivity contribution >= 4 is 11.6 Å². The quantitative estimate of drug-likeness (QED) is 0.604. The zero-order chi connectivity index (χ0) is 21.2. The number of carbonyl (C=O) groups is 1. The van der Waals surface area contributed by atoms with Crippen LogP contribution in [0.3, 0.4) is 0 Å². The number of methoxy groups -OCH3 is 2. The average molecular weight is 414 g/mol. The summed E-state index contributed by atoms with van der Waals surface area (Å²) in [5.74, 6) is 1.99. The number of hydrogen-bond acceptors (Lipinski definition) is 6. The van der Waals surface area contributed by atoms with E-state index in [9.17, 15) is 4.79 Å². The fourth-order valence-corrected chi connectivity index (χ4v) is 3.57. The van der Waals surface area contributed by atoms with Gasteiger partial charge in [-0.25, -0.2) is 0 Å².